The van der Waals surface area contributed by atoms with Gasteiger partial charge in [-0.15, -0.1) is 0 Å². The summed E-state index contributed by atoms with van der Waals surface area (Å²) in [5, 5.41) is 12.4. The third-order valence-electron chi connectivity index (χ3n) is 2.33. The molecule has 1 N–H and O–H groups in total. The maximum atomic E-state index is 12.2. The Hall–Kier alpha value is -1.01. The van der Waals surface area contributed by atoms with Gasteiger partial charge in [-0.05, 0) is 11.4 Å². The second kappa shape index (κ2) is 5.55. The zero-order valence-electron chi connectivity index (χ0n) is 9.71. The SMILES string of the molecule is CC(C)(CS)C(=O)N(CC(=O)O)c1ccsc1. The third-order valence-corrected chi connectivity index (χ3v) is 3.79. The van der Waals surface area contributed by atoms with Crippen LogP contribution in [0.4, 0.5) is 5.69 Å². The minimum Gasteiger partial charge on any atom is -0.480 e. The Morgan fingerprint density at radius 3 is 2.59 bits per heavy atom. The Labute approximate surface area is 110 Å². The first-order valence-corrected chi connectivity index (χ1v) is 6.63. The normalized spacial score (nSPS) is 11.2. The van der Waals surface area contributed by atoms with Gasteiger partial charge in [0.05, 0.1) is 11.1 Å². The molecule has 0 saturated heterocycles. The number of anilines is 1. The number of carbonyl (C=O) groups excluding carboxylic acids is 1. The summed E-state index contributed by atoms with van der Waals surface area (Å²) in [5.74, 6) is -0.890. The Bertz CT molecular complexity index is 401. The van der Waals surface area contributed by atoms with Gasteiger partial charge in [-0.25, -0.2) is 0 Å². The first-order valence-electron chi connectivity index (χ1n) is 5.05. The van der Waals surface area contributed by atoms with Crippen molar-refractivity contribution < 1.29 is 14.7 Å². The number of rotatable bonds is 5. The van der Waals surface area contributed by atoms with Gasteiger partial charge in [0.25, 0.3) is 0 Å². The van der Waals surface area contributed by atoms with Gasteiger partial charge in [-0.2, -0.15) is 24.0 Å². The molecule has 0 atom stereocenters. The quantitative estimate of drug-likeness (QED) is 0.808. The molecule has 94 valence electrons. The number of carboxylic acids is 1. The van der Waals surface area contributed by atoms with Crippen LogP contribution in [0.1, 0.15) is 13.8 Å². The van der Waals surface area contributed by atoms with Crippen LogP contribution < -0.4 is 4.90 Å². The van der Waals surface area contributed by atoms with Crippen LogP contribution in [0.25, 0.3) is 0 Å². The smallest absolute Gasteiger partial charge is 0.323 e. The average Bonchev–Trinajstić information content (AvgIpc) is 2.77. The number of thiophene rings is 1. The van der Waals surface area contributed by atoms with Crippen molar-refractivity contribution in [3.05, 3.63) is 16.8 Å². The van der Waals surface area contributed by atoms with Gasteiger partial charge in [-0.1, -0.05) is 13.8 Å². The van der Waals surface area contributed by atoms with E-state index in [0.717, 1.165) is 0 Å². The molecule has 0 saturated carbocycles. The molecule has 0 fully saturated rings. The average molecular weight is 273 g/mol. The molecule has 0 aliphatic rings. The number of aliphatic carboxylic acids is 1. The fourth-order valence-electron chi connectivity index (χ4n) is 1.26. The lowest BCUT2D eigenvalue weighted by atomic mass is 9.94. The summed E-state index contributed by atoms with van der Waals surface area (Å²) < 4.78 is 0. The zero-order chi connectivity index (χ0) is 13.1. The number of carboxylic acid groups (broad SMARTS) is 1. The van der Waals surface area contributed by atoms with E-state index in [4.69, 9.17) is 5.11 Å². The summed E-state index contributed by atoms with van der Waals surface area (Å²) in [6, 6.07) is 1.74. The minimum absolute atomic E-state index is 0.228. The molecule has 1 aromatic heterocycles. The summed E-state index contributed by atoms with van der Waals surface area (Å²) in [5.41, 5.74) is -0.0576. The summed E-state index contributed by atoms with van der Waals surface area (Å²) >= 11 is 5.56. The van der Waals surface area contributed by atoms with Crippen molar-refractivity contribution in [3.63, 3.8) is 0 Å². The van der Waals surface area contributed by atoms with Crippen LogP contribution in [-0.2, 0) is 9.59 Å². The van der Waals surface area contributed by atoms with Gasteiger partial charge in [0.2, 0.25) is 5.91 Å². The van der Waals surface area contributed by atoms with Crippen molar-refractivity contribution in [1.29, 1.82) is 0 Å². The predicted molar refractivity (Wildman–Crippen MR) is 71.9 cm³/mol. The molecular formula is C11H15NO3S2. The van der Waals surface area contributed by atoms with Gasteiger partial charge < -0.3 is 5.11 Å². The number of hydrogen-bond donors (Lipinski definition) is 2. The van der Waals surface area contributed by atoms with Gasteiger partial charge in [0, 0.05) is 11.1 Å². The minimum atomic E-state index is -1.03. The first kappa shape index (κ1) is 14.1. The van der Waals surface area contributed by atoms with Crippen LogP contribution in [0.15, 0.2) is 16.8 Å². The largest absolute Gasteiger partial charge is 0.480 e. The number of amides is 1. The van der Waals surface area contributed by atoms with Crippen LogP contribution in [0.3, 0.4) is 0 Å². The molecule has 0 aliphatic heterocycles. The van der Waals surface area contributed by atoms with E-state index in [-0.39, 0.29) is 12.5 Å². The van der Waals surface area contributed by atoms with E-state index < -0.39 is 11.4 Å². The van der Waals surface area contributed by atoms with E-state index in [2.05, 4.69) is 12.6 Å². The Morgan fingerprint density at radius 2 is 2.18 bits per heavy atom. The highest BCUT2D eigenvalue weighted by Gasteiger charge is 2.32. The van der Waals surface area contributed by atoms with E-state index in [1.807, 2.05) is 5.38 Å². The molecule has 6 heteroatoms. The molecule has 0 aliphatic carbocycles. The Balaban J connectivity index is 2.99. The van der Waals surface area contributed by atoms with Crippen LogP contribution in [0.2, 0.25) is 0 Å². The summed E-state index contributed by atoms with van der Waals surface area (Å²) in [7, 11) is 0. The summed E-state index contributed by atoms with van der Waals surface area (Å²) in [4.78, 5) is 24.4. The van der Waals surface area contributed by atoms with Crippen molar-refractivity contribution >= 4 is 41.5 Å². The van der Waals surface area contributed by atoms with Crippen LogP contribution in [0, 0.1) is 5.41 Å². The molecule has 17 heavy (non-hydrogen) atoms. The molecule has 0 spiro atoms. The Kier molecular flexibility index (Phi) is 4.59. The number of hydrogen-bond acceptors (Lipinski definition) is 4. The number of carbonyl (C=O) groups is 2. The second-order valence-corrected chi connectivity index (χ2v) is 5.40. The predicted octanol–water partition coefficient (Wildman–Crippen LogP) is 2.12. The fraction of sp³-hybridized carbons (Fsp3) is 0.455. The van der Waals surface area contributed by atoms with Crippen molar-refractivity contribution in [2.75, 3.05) is 17.2 Å². The maximum Gasteiger partial charge on any atom is 0.323 e. The molecule has 0 radical (unpaired) electrons. The van der Waals surface area contributed by atoms with E-state index in [9.17, 15) is 9.59 Å². The molecule has 0 bridgehead atoms. The van der Waals surface area contributed by atoms with E-state index >= 15 is 0 Å². The molecule has 1 aromatic rings. The van der Waals surface area contributed by atoms with E-state index in [1.165, 1.54) is 16.2 Å². The van der Waals surface area contributed by atoms with Crippen molar-refractivity contribution in [1.82, 2.24) is 0 Å². The number of thiol groups is 1. The van der Waals surface area contributed by atoms with Gasteiger partial charge in [-0.3, -0.25) is 14.5 Å². The third kappa shape index (κ3) is 3.47. The Morgan fingerprint density at radius 1 is 1.53 bits per heavy atom. The van der Waals surface area contributed by atoms with Crippen molar-refractivity contribution in [2.45, 2.75) is 13.8 Å². The van der Waals surface area contributed by atoms with E-state index in [1.54, 1.807) is 25.3 Å². The van der Waals surface area contributed by atoms with Crippen LogP contribution in [0.5, 0.6) is 0 Å². The number of nitrogens with zero attached hydrogens (tertiary/aromatic N) is 1. The highest BCUT2D eigenvalue weighted by Crippen LogP contribution is 2.26. The first-order chi connectivity index (χ1) is 7.88. The van der Waals surface area contributed by atoms with Crippen LogP contribution in [-0.4, -0.2) is 29.3 Å². The summed E-state index contributed by atoms with van der Waals surface area (Å²) in [6.07, 6.45) is 0. The zero-order valence-corrected chi connectivity index (χ0v) is 11.4. The lowest BCUT2D eigenvalue weighted by molar-refractivity contribution is -0.137. The van der Waals surface area contributed by atoms with Crippen molar-refractivity contribution in [3.8, 4) is 0 Å². The topological polar surface area (TPSA) is 57.6 Å². The highest BCUT2D eigenvalue weighted by molar-refractivity contribution is 7.80. The molecule has 0 aromatic carbocycles. The maximum absolute atomic E-state index is 12.2. The van der Waals surface area contributed by atoms with Crippen molar-refractivity contribution in [2.24, 2.45) is 5.41 Å². The molecule has 0 unspecified atom stereocenters. The standard InChI is InChI=1S/C11H15NO3S2/c1-11(2,7-16)10(15)12(5-9(13)14)8-3-4-17-6-8/h3-4,6,16H,5,7H2,1-2H3,(H,13,14). The lowest BCUT2D eigenvalue weighted by Crippen LogP contribution is -2.44. The van der Waals surface area contributed by atoms with Gasteiger partial charge >= 0.3 is 5.97 Å². The molecular weight excluding hydrogens is 258 g/mol. The molecule has 1 amide bonds. The van der Waals surface area contributed by atoms with Gasteiger partial charge in [0.1, 0.15) is 6.54 Å². The molecule has 1 rings (SSSR count). The lowest BCUT2D eigenvalue weighted by Gasteiger charge is -2.29. The molecule has 4 nitrogen and oxygen atoms in total. The van der Waals surface area contributed by atoms with Crippen LogP contribution >= 0.6 is 24.0 Å². The fourth-order valence-corrected chi connectivity index (χ4v) is 2.04. The second-order valence-electron chi connectivity index (χ2n) is 4.31. The van der Waals surface area contributed by atoms with Gasteiger partial charge in [0.15, 0.2) is 0 Å². The highest BCUT2D eigenvalue weighted by atomic mass is 32.1. The monoisotopic (exact) mass is 273 g/mol. The molecule has 1 heterocycles. The van der Waals surface area contributed by atoms with E-state index in [0.29, 0.717) is 11.4 Å². The summed E-state index contributed by atoms with van der Waals surface area (Å²) in [6.45, 7) is 3.18.